The molecule has 1 fully saturated rings. The van der Waals surface area contributed by atoms with Gasteiger partial charge in [0.25, 0.3) is 0 Å². The Balaban J connectivity index is 1.29. The Kier molecular flexibility index (Phi) is 5.35. The molecule has 5 rings (SSSR count). The maximum absolute atomic E-state index is 6.18. The first-order valence-electron chi connectivity index (χ1n) is 10.7. The van der Waals surface area contributed by atoms with Crippen LogP contribution in [-0.2, 0) is 0 Å². The first-order valence-corrected chi connectivity index (χ1v) is 10.7. The molecule has 0 aliphatic carbocycles. The SMILES string of the molecule is C=C(c1ccccc1-n1nccn1)N1CCCC(COc2nccc3ccccc23)C1. The van der Waals surface area contributed by atoms with Crippen molar-refractivity contribution in [3.63, 3.8) is 0 Å². The Morgan fingerprint density at radius 1 is 1.00 bits per heavy atom. The molecule has 2 aromatic heterocycles. The van der Waals surface area contributed by atoms with Gasteiger partial charge in [-0.05, 0) is 36.4 Å². The average Bonchev–Trinajstić information content (AvgIpc) is 3.37. The van der Waals surface area contributed by atoms with Gasteiger partial charge >= 0.3 is 0 Å². The predicted molar refractivity (Wildman–Crippen MR) is 122 cm³/mol. The van der Waals surface area contributed by atoms with Crippen molar-refractivity contribution < 1.29 is 4.74 Å². The molecule has 0 radical (unpaired) electrons. The molecule has 1 aliphatic heterocycles. The zero-order chi connectivity index (χ0) is 21.0. The largest absolute Gasteiger partial charge is 0.477 e. The van der Waals surface area contributed by atoms with Crippen LogP contribution in [0.2, 0.25) is 0 Å². The molecule has 4 aromatic rings. The number of benzene rings is 2. The molecular formula is C25H25N5O. The highest BCUT2D eigenvalue weighted by Gasteiger charge is 2.24. The van der Waals surface area contributed by atoms with Crippen molar-refractivity contribution in [2.24, 2.45) is 5.92 Å². The van der Waals surface area contributed by atoms with Crippen molar-refractivity contribution in [3.05, 3.63) is 85.3 Å². The number of rotatable bonds is 6. The fraction of sp³-hybridized carbons (Fsp3) is 0.240. The van der Waals surface area contributed by atoms with E-state index in [0.717, 1.165) is 53.7 Å². The van der Waals surface area contributed by atoms with Gasteiger partial charge in [0.1, 0.15) is 0 Å². The lowest BCUT2D eigenvalue weighted by molar-refractivity contribution is 0.167. The zero-order valence-electron chi connectivity index (χ0n) is 17.4. The highest BCUT2D eigenvalue weighted by Crippen LogP contribution is 2.29. The average molecular weight is 412 g/mol. The summed E-state index contributed by atoms with van der Waals surface area (Å²) in [5, 5.41) is 10.8. The highest BCUT2D eigenvalue weighted by molar-refractivity contribution is 5.86. The molecule has 156 valence electrons. The van der Waals surface area contributed by atoms with Crippen molar-refractivity contribution in [1.82, 2.24) is 24.9 Å². The van der Waals surface area contributed by atoms with Crippen molar-refractivity contribution in [2.75, 3.05) is 19.7 Å². The van der Waals surface area contributed by atoms with Gasteiger partial charge in [0.2, 0.25) is 5.88 Å². The van der Waals surface area contributed by atoms with E-state index >= 15 is 0 Å². The van der Waals surface area contributed by atoms with Crippen LogP contribution in [0.5, 0.6) is 5.88 Å². The number of para-hydroxylation sites is 1. The molecular weight excluding hydrogens is 386 g/mol. The fourth-order valence-electron chi connectivity index (χ4n) is 4.25. The Morgan fingerprint density at radius 2 is 1.81 bits per heavy atom. The molecule has 1 unspecified atom stereocenters. The Hall–Kier alpha value is -3.67. The standard InChI is InChI=1S/C25H25N5O/c1-19(22-9-4-5-11-24(22)30-27-14-15-28-30)29-16-6-7-20(17-29)18-31-25-23-10-3-2-8-21(23)12-13-26-25/h2-5,8-15,20H,1,6-7,16-18H2. The Bertz CT molecular complexity index is 1180. The molecule has 0 amide bonds. The van der Waals surface area contributed by atoms with Crippen molar-refractivity contribution in [3.8, 4) is 11.6 Å². The van der Waals surface area contributed by atoms with Crippen LogP contribution >= 0.6 is 0 Å². The lowest BCUT2D eigenvalue weighted by atomic mass is 9.97. The van der Waals surface area contributed by atoms with Gasteiger partial charge in [-0.1, -0.05) is 43.0 Å². The van der Waals surface area contributed by atoms with Crippen molar-refractivity contribution in [1.29, 1.82) is 0 Å². The summed E-state index contributed by atoms with van der Waals surface area (Å²) in [5.41, 5.74) is 2.99. The van der Waals surface area contributed by atoms with Crippen LogP contribution in [0.1, 0.15) is 18.4 Å². The molecule has 31 heavy (non-hydrogen) atoms. The van der Waals surface area contributed by atoms with E-state index in [-0.39, 0.29) is 0 Å². The molecule has 6 heteroatoms. The lowest BCUT2D eigenvalue weighted by Crippen LogP contribution is -2.36. The van der Waals surface area contributed by atoms with E-state index in [0.29, 0.717) is 18.4 Å². The Morgan fingerprint density at radius 3 is 2.71 bits per heavy atom. The fourth-order valence-corrected chi connectivity index (χ4v) is 4.25. The van der Waals surface area contributed by atoms with E-state index in [9.17, 15) is 0 Å². The molecule has 1 aliphatic rings. The number of likely N-dealkylation sites (tertiary alicyclic amines) is 1. The van der Waals surface area contributed by atoms with Crippen LogP contribution in [-0.4, -0.2) is 44.6 Å². The number of fused-ring (bicyclic) bond motifs is 1. The maximum Gasteiger partial charge on any atom is 0.221 e. The van der Waals surface area contributed by atoms with Gasteiger partial charge in [-0.25, -0.2) is 4.98 Å². The summed E-state index contributed by atoms with van der Waals surface area (Å²) in [6.45, 7) is 6.96. The van der Waals surface area contributed by atoms with Crippen molar-refractivity contribution in [2.45, 2.75) is 12.8 Å². The van der Waals surface area contributed by atoms with E-state index < -0.39 is 0 Å². The van der Waals surface area contributed by atoms with Gasteiger partial charge in [0.05, 0.1) is 24.7 Å². The normalized spacial score (nSPS) is 16.4. The van der Waals surface area contributed by atoms with E-state index in [1.54, 1.807) is 17.2 Å². The van der Waals surface area contributed by atoms with Crippen LogP contribution in [0.15, 0.2) is 79.8 Å². The summed E-state index contributed by atoms with van der Waals surface area (Å²) in [5.74, 6) is 1.13. The molecule has 6 nitrogen and oxygen atoms in total. The summed E-state index contributed by atoms with van der Waals surface area (Å²) in [6.07, 6.45) is 7.44. The third kappa shape index (κ3) is 4.01. The third-order valence-electron chi connectivity index (χ3n) is 5.84. The van der Waals surface area contributed by atoms with Gasteiger partial charge in [0.15, 0.2) is 0 Å². The monoisotopic (exact) mass is 411 g/mol. The molecule has 0 N–H and O–H groups in total. The second-order valence-electron chi connectivity index (χ2n) is 7.88. The van der Waals surface area contributed by atoms with Crippen LogP contribution in [0.25, 0.3) is 22.2 Å². The van der Waals surface area contributed by atoms with Gasteiger partial charge in [-0.2, -0.15) is 15.0 Å². The van der Waals surface area contributed by atoms with E-state index in [1.165, 1.54) is 0 Å². The molecule has 1 saturated heterocycles. The first kappa shape index (κ1) is 19.3. The zero-order valence-corrected chi connectivity index (χ0v) is 17.4. The van der Waals surface area contributed by atoms with Gasteiger partial charge < -0.3 is 9.64 Å². The number of hydrogen-bond donors (Lipinski definition) is 0. The third-order valence-corrected chi connectivity index (χ3v) is 5.84. The van der Waals surface area contributed by atoms with Gasteiger partial charge in [-0.15, -0.1) is 0 Å². The first-order chi connectivity index (χ1) is 15.3. The molecule has 3 heterocycles. The second kappa shape index (κ2) is 8.60. The van der Waals surface area contributed by atoms with E-state index in [1.807, 2.05) is 42.6 Å². The van der Waals surface area contributed by atoms with Crippen LogP contribution in [0.3, 0.4) is 0 Å². The molecule has 0 bridgehead atoms. The predicted octanol–water partition coefficient (Wildman–Crippen LogP) is 4.58. The number of ether oxygens (including phenoxy) is 1. The lowest BCUT2D eigenvalue weighted by Gasteiger charge is -2.35. The summed E-state index contributed by atoms with van der Waals surface area (Å²) in [4.78, 5) is 8.47. The molecule has 2 aromatic carbocycles. The van der Waals surface area contributed by atoms with Crippen LogP contribution in [0.4, 0.5) is 0 Å². The molecule has 0 spiro atoms. The highest BCUT2D eigenvalue weighted by atomic mass is 16.5. The second-order valence-corrected chi connectivity index (χ2v) is 7.88. The summed E-state index contributed by atoms with van der Waals surface area (Å²) in [7, 11) is 0. The van der Waals surface area contributed by atoms with E-state index in [2.05, 4.69) is 44.9 Å². The smallest absolute Gasteiger partial charge is 0.221 e. The van der Waals surface area contributed by atoms with Crippen molar-refractivity contribution >= 4 is 16.5 Å². The quantitative estimate of drug-likeness (QED) is 0.465. The summed E-state index contributed by atoms with van der Waals surface area (Å²) >= 11 is 0. The summed E-state index contributed by atoms with van der Waals surface area (Å²) in [6, 6.07) is 18.4. The molecule has 1 atom stereocenters. The molecule has 0 saturated carbocycles. The topological polar surface area (TPSA) is 56.1 Å². The minimum Gasteiger partial charge on any atom is -0.477 e. The summed E-state index contributed by atoms with van der Waals surface area (Å²) < 4.78 is 6.18. The minimum atomic E-state index is 0.418. The van der Waals surface area contributed by atoms with Gasteiger partial charge in [-0.3, -0.25) is 0 Å². The van der Waals surface area contributed by atoms with Crippen LogP contribution in [0, 0.1) is 5.92 Å². The number of nitrogens with zero attached hydrogens (tertiary/aromatic N) is 5. The number of aromatic nitrogens is 4. The van der Waals surface area contributed by atoms with Gasteiger partial charge in [0, 0.05) is 41.9 Å². The maximum atomic E-state index is 6.18. The minimum absolute atomic E-state index is 0.418. The van der Waals surface area contributed by atoms with E-state index in [4.69, 9.17) is 4.74 Å². The Labute approximate surface area is 181 Å². The number of piperidine rings is 1. The van der Waals surface area contributed by atoms with Crippen LogP contribution < -0.4 is 4.74 Å². The number of pyridine rings is 1. The number of hydrogen-bond acceptors (Lipinski definition) is 5.